The number of benzene rings is 1. The molecule has 162 valence electrons. The molecule has 1 fully saturated rings. The molecule has 0 spiro atoms. The molecule has 0 N–H and O–H groups in total. The van der Waals surface area contributed by atoms with E-state index in [4.69, 9.17) is 11.6 Å². The van der Waals surface area contributed by atoms with Crippen LogP contribution in [0.15, 0.2) is 59.8 Å². The Balaban J connectivity index is 0.000000330. The lowest BCUT2D eigenvalue weighted by Crippen LogP contribution is -2.17. The molecule has 0 atom stereocenters. The summed E-state index contributed by atoms with van der Waals surface area (Å²) in [6.07, 6.45) is 6.35. The van der Waals surface area contributed by atoms with Gasteiger partial charge in [-0.15, -0.1) is 0 Å². The fourth-order valence-electron chi connectivity index (χ4n) is 3.16. The van der Waals surface area contributed by atoms with Crippen LogP contribution in [0.4, 0.5) is 0 Å². The summed E-state index contributed by atoms with van der Waals surface area (Å²) < 4.78 is 23.2. The first kappa shape index (κ1) is 22.9. The number of aromatic nitrogens is 2. The van der Waals surface area contributed by atoms with Crippen LogP contribution in [-0.4, -0.2) is 49.0 Å². The first-order valence-corrected chi connectivity index (χ1v) is 12.0. The Bertz CT molecular complexity index is 1180. The van der Waals surface area contributed by atoms with E-state index in [1.54, 1.807) is 41.6 Å². The van der Waals surface area contributed by atoms with Crippen molar-refractivity contribution in [2.24, 2.45) is 0 Å². The molecule has 6 nitrogen and oxygen atoms in total. The lowest BCUT2D eigenvalue weighted by atomic mass is 10.0. The summed E-state index contributed by atoms with van der Waals surface area (Å²) in [6.45, 7) is 2.88. The Morgan fingerprint density at radius 2 is 1.68 bits per heavy atom. The van der Waals surface area contributed by atoms with Gasteiger partial charge in [-0.3, -0.25) is 14.8 Å². The number of sulfone groups is 1. The van der Waals surface area contributed by atoms with Gasteiger partial charge in [0.1, 0.15) is 0 Å². The molecule has 1 amide bonds. The van der Waals surface area contributed by atoms with E-state index in [1.807, 2.05) is 32.2 Å². The van der Waals surface area contributed by atoms with Crippen LogP contribution in [0.1, 0.15) is 18.5 Å². The molecule has 3 aromatic rings. The van der Waals surface area contributed by atoms with E-state index >= 15 is 0 Å². The monoisotopic (exact) mass is 457 g/mol. The van der Waals surface area contributed by atoms with Gasteiger partial charge in [-0.1, -0.05) is 23.7 Å². The van der Waals surface area contributed by atoms with Gasteiger partial charge < -0.3 is 4.90 Å². The van der Waals surface area contributed by atoms with Crippen molar-refractivity contribution in [2.45, 2.75) is 24.7 Å². The molecule has 0 aliphatic carbocycles. The molecule has 0 radical (unpaired) electrons. The molecule has 2 aromatic heterocycles. The highest BCUT2D eigenvalue weighted by molar-refractivity contribution is 7.90. The van der Waals surface area contributed by atoms with Gasteiger partial charge in [-0.2, -0.15) is 0 Å². The zero-order chi connectivity index (χ0) is 22.6. The van der Waals surface area contributed by atoms with E-state index in [9.17, 15) is 13.2 Å². The zero-order valence-corrected chi connectivity index (χ0v) is 19.2. The fourth-order valence-corrected chi connectivity index (χ4v) is 3.95. The van der Waals surface area contributed by atoms with Crippen molar-refractivity contribution in [2.75, 3.05) is 19.8 Å². The number of aryl methyl sites for hydroxylation is 1. The minimum absolute atomic E-state index is 0.278. The highest BCUT2D eigenvalue weighted by Crippen LogP contribution is 2.32. The summed E-state index contributed by atoms with van der Waals surface area (Å²) in [4.78, 5) is 21.3. The minimum Gasteiger partial charge on any atom is -0.346 e. The number of pyridine rings is 2. The van der Waals surface area contributed by atoms with E-state index < -0.39 is 9.84 Å². The van der Waals surface area contributed by atoms with Gasteiger partial charge in [0.15, 0.2) is 9.84 Å². The van der Waals surface area contributed by atoms with Gasteiger partial charge in [0.05, 0.1) is 15.6 Å². The number of hydrogen-bond donors (Lipinski definition) is 0. The summed E-state index contributed by atoms with van der Waals surface area (Å²) in [6, 6.07) is 12.4. The SMILES string of the molecule is CN1CCCC1=O.Cc1ccc(-c2ncc(Cl)cc2-c2ccc(S(C)(=O)=O)cc2)cn1. The average Bonchev–Trinajstić information content (AvgIpc) is 3.11. The average molecular weight is 458 g/mol. The van der Waals surface area contributed by atoms with Crippen molar-refractivity contribution < 1.29 is 13.2 Å². The Hall–Kier alpha value is -2.77. The lowest BCUT2D eigenvalue weighted by Gasteiger charge is -2.10. The zero-order valence-electron chi connectivity index (χ0n) is 17.7. The smallest absolute Gasteiger partial charge is 0.222 e. The molecule has 1 aliphatic rings. The molecule has 0 bridgehead atoms. The minimum atomic E-state index is -3.23. The number of nitrogens with zero attached hydrogens (tertiary/aromatic N) is 3. The number of likely N-dealkylation sites (tertiary alicyclic amines) is 1. The topological polar surface area (TPSA) is 80.2 Å². The van der Waals surface area contributed by atoms with Gasteiger partial charge >= 0.3 is 0 Å². The van der Waals surface area contributed by atoms with Crippen LogP contribution in [0.3, 0.4) is 0 Å². The molecule has 31 heavy (non-hydrogen) atoms. The maximum Gasteiger partial charge on any atom is 0.222 e. The molecule has 1 aromatic carbocycles. The quantitative estimate of drug-likeness (QED) is 0.581. The summed E-state index contributed by atoms with van der Waals surface area (Å²) >= 11 is 6.11. The van der Waals surface area contributed by atoms with Crippen molar-refractivity contribution in [3.05, 3.63) is 65.6 Å². The Morgan fingerprint density at radius 1 is 1.00 bits per heavy atom. The van der Waals surface area contributed by atoms with Gasteiger partial charge in [-0.25, -0.2) is 8.42 Å². The van der Waals surface area contributed by atoms with Crippen molar-refractivity contribution in [3.8, 4) is 22.4 Å². The molecule has 3 heterocycles. The lowest BCUT2D eigenvalue weighted by molar-refractivity contribution is -0.126. The maximum absolute atomic E-state index is 11.6. The second kappa shape index (κ2) is 9.58. The first-order chi connectivity index (χ1) is 14.6. The van der Waals surface area contributed by atoms with Crippen molar-refractivity contribution in [1.82, 2.24) is 14.9 Å². The van der Waals surface area contributed by atoms with Gasteiger partial charge in [-0.05, 0) is 49.2 Å². The molecular formula is C23H24ClN3O3S. The molecule has 4 rings (SSSR count). The fraction of sp³-hybridized carbons (Fsp3) is 0.261. The van der Waals surface area contributed by atoms with Crippen LogP contribution in [0.25, 0.3) is 22.4 Å². The summed E-state index contributed by atoms with van der Waals surface area (Å²) in [5.74, 6) is 0.292. The van der Waals surface area contributed by atoms with Crippen LogP contribution < -0.4 is 0 Å². The Labute approximate surface area is 187 Å². The third kappa shape index (κ3) is 5.89. The second-order valence-corrected chi connectivity index (χ2v) is 9.91. The van der Waals surface area contributed by atoms with Gasteiger partial charge in [0, 0.05) is 55.5 Å². The van der Waals surface area contributed by atoms with E-state index in [0.717, 1.165) is 47.5 Å². The largest absolute Gasteiger partial charge is 0.346 e. The predicted molar refractivity (Wildman–Crippen MR) is 123 cm³/mol. The summed E-state index contributed by atoms with van der Waals surface area (Å²) in [5.41, 5.74) is 4.21. The molecule has 0 unspecified atom stereocenters. The van der Waals surface area contributed by atoms with E-state index in [1.165, 1.54) is 6.26 Å². The summed E-state index contributed by atoms with van der Waals surface area (Å²) in [5, 5.41) is 0.515. The van der Waals surface area contributed by atoms with Gasteiger partial charge in [0.2, 0.25) is 5.91 Å². The number of hydrogen-bond acceptors (Lipinski definition) is 5. The predicted octanol–water partition coefficient (Wildman–Crippen LogP) is 4.41. The highest BCUT2D eigenvalue weighted by atomic mass is 35.5. The van der Waals surface area contributed by atoms with Gasteiger partial charge in [0.25, 0.3) is 0 Å². The third-order valence-corrected chi connectivity index (χ3v) is 6.28. The number of halogens is 1. The molecule has 1 saturated heterocycles. The van der Waals surface area contributed by atoms with Crippen LogP contribution in [0.2, 0.25) is 5.02 Å². The highest BCUT2D eigenvalue weighted by Gasteiger charge is 2.14. The van der Waals surface area contributed by atoms with Crippen molar-refractivity contribution >= 4 is 27.3 Å². The number of carbonyl (C=O) groups is 1. The van der Waals surface area contributed by atoms with E-state index in [-0.39, 0.29) is 4.90 Å². The normalized spacial score (nSPS) is 13.7. The Morgan fingerprint density at radius 3 is 2.16 bits per heavy atom. The number of carbonyl (C=O) groups excluding carboxylic acids is 1. The standard InChI is InChI=1S/C18H15ClN2O2S.C5H9NO/c1-12-3-4-14(10-20-12)18-17(9-15(19)11-21-18)13-5-7-16(8-6-13)24(2,22)23;1-6-4-2-3-5(6)7/h3-11H,1-2H3;2-4H2,1H3. The summed E-state index contributed by atoms with van der Waals surface area (Å²) in [7, 11) is -1.39. The van der Waals surface area contributed by atoms with Crippen LogP contribution in [-0.2, 0) is 14.6 Å². The first-order valence-electron chi connectivity index (χ1n) is 9.78. The number of amides is 1. The maximum atomic E-state index is 11.6. The van der Waals surface area contributed by atoms with Crippen molar-refractivity contribution in [3.63, 3.8) is 0 Å². The molecule has 0 saturated carbocycles. The van der Waals surface area contributed by atoms with Crippen LogP contribution >= 0.6 is 11.6 Å². The molecular weight excluding hydrogens is 434 g/mol. The van der Waals surface area contributed by atoms with E-state index in [0.29, 0.717) is 10.9 Å². The van der Waals surface area contributed by atoms with Crippen LogP contribution in [0.5, 0.6) is 0 Å². The molecule has 1 aliphatic heterocycles. The van der Waals surface area contributed by atoms with Crippen molar-refractivity contribution in [1.29, 1.82) is 0 Å². The van der Waals surface area contributed by atoms with E-state index in [2.05, 4.69) is 9.97 Å². The third-order valence-electron chi connectivity index (χ3n) is 4.94. The Kier molecular flexibility index (Phi) is 7.08. The van der Waals surface area contributed by atoms with Crippen LogP contribution in [0, 0.1) is 6.92 Å². The number of rotatable bonds is 3. The second-order valence-electron chi connectivity index (χ2n) is 7.45. The molecule has 8 heteroatoms.